The van der Waals surface area contributed by atoms with E-state index in [4.69, 9.17) is 28.4 Å². The number of rotatable bonds is 17. The maximum absolute atomic E-state index is 13.1. The Hall–Kier alpha value is -4.62. The maximum Gasteiger partial charge on any atom is 0.310 e. The Bertz CT molecular complexity index is 2320. The molecule has 0 aliphatic carbocycles. The average Bonchev–Trinajstić information content (AvgIpc) is 4.02. The van der Waals surface area contributed by atoms with Gasteiger partial charge in [0.05, 0.1) is 63.6 Å². The smallest absolute Gasteiger partial charge is 0.310 e. The van der Waals surface area contributed by atoms with Gasteiger partial charge in [0, 0.05) is 39.0 Å². The Balaban J connectivity index is 0.00000218. The van der Waals surface area contributed by atoms with Crippen molar-refractivity contribution in [3.63, 3.8) is 0 Å². The zero-order valence-corrected chi connectivity index (χ0v) is 43.8. The molecule has 0 aliphatic heterocycles. The predicted octanol–water partition coefficient (Wildman–Crippen LogP) is 15.4. The lowest BCUT2D eigenvalue weighted by atomic mass is 10.0. The lowest BCUT2D eigenvalue weighted by Crippen LogP contribution is -2.07. The molecule has 6 aromatic rings. The van der Waals surface area contributed by atoms with Gasteiger partial charge in [0.15, 0.2) is 0 Å². The van der Waals surface area contributed by atoms with Crippen LogP contribution in [0.15, 0.2) is 48.5 Å². The fraction of sp³-hybridized carbons (Fsp3) is 0.423. The second-order valence-electron chi connectivity index (χ2n) is 14.9. The summed E-state index contributed by atoms with van der Waals surface area (Å²) in [5.41, 5.74) is 8.22. The fourth-order valence-corrected chi connectivity index (χ4v) is 12.9. The number of carbonyl (C=O) groups excluding carboxylic acids is 2. The van der Waals surface area contributed by atoms with Gasteiger partial charge in [-0.05, 0) is 139 Å². The van der Waals surface area contributed by atoms with Crippen LogP contribution in [0, 0.1) is 27.7 Å². The first-order chi connectivity index (χ1) is 30.7. The summed E-state index contributed by atoms with van der Waals surface area (Å²) in [6.45, 7) is 29.0. The van der Waals surface area contributed by atoms with E-state index >= 15 is 0 Å². The third kappa shape index (κ3) is 11.6. The molecule has 8 nitrogen and oxygen atoms in total. The molecule has 4 aromatic heterocycles. The molecule has 4 heterocycles. The summed E-state index contributed by atoms with van der Waals surface area (Å²) < 4.78 is 35.2. The number of benzene rings is 2. The molecule has 0 spiro atoms. The van der Waals surface area contributed by atoms with Gasteiger partial charge < -0.3 is 28.4 Å². The van der Waals surface area contributed by atoms with E-state index in [1.165, 1.54) is 20.9 Å². The first-order valence-electron chi connectivity index (χ1n) is 22.2. The van der Waals surface area contributed by atoms with Crippen molar-refractivity contribution in [3.8, 4) is 73.1 Å². The van der Waals surface area contributed by atoms with Gasteiger partial charge in [0.25, 0.3) is 0 Å². The van der Waals surface area contributed by atoms with Gasteiger partial charge >= 0.3 is 11.9 Å². The summed E-state index contributed by atoms with van der Waals surface area (Å²) in [5, 5.41) is 0. The molecule has 0 aliphatic rings. The number of hydrogen-bond acceptors (Lipinski definition) is 12. The zero-order valence-electron chi connectivity index (χ0n) is 40.5. The average molecular weight is 947 g/mol. The SMILES string of the molecule is CC.CC.CCOC(=O)Cc1cc(-c2c(OC)cccc2OC(C)C)sc1-c1sc(-c2sc(-c3sc(-c4c(OC)cccc4OC(C)C)cc3CC(=O)OCC)c(C)c2C)c(C)c1C. The van der Waals surface area contributed by atoms with Crippen LogP contribution in [0.25, 0.3) is 50.1 Å². The Labute approximate surface area is 397 Å². The Morgan fingerprint density at radius 1 is 0.500 bits per heavy atom. The highest BCUT2D eigenvalue weighted by Gasteiger charge is 2.28. The van der Waals surface area contributed by atoms with Crippen LogP contribution in [0.1, 0.15) is 103 Å². The Morgan fingerprint density at radius 2 is 0.812 bits per heavy atom. The lowest BCUT2D eigenvalue weighted by molar-refractivity contribution is -0.143. The molecule has 12 heteroatoms. The lowest BCUT2D eigenvalue weighted by Gasteiger charge is -2.16. The molecule has 0 atom stereocenters. The molecule has 2 aromatic carbocycles. The first kappa shape index (κ1) is 52.0. The van der Waals surface area contributed by atoms with Crippen molar-refractivity contribution in [3.05, 3.63) is 81.9 Å². The van der Waals surface area contributed by atoms with E-state index in [1.54, 1.807) is 59.6 Å². The summed E-state index contributed by atoms with van der Waals surface area (Å²) in [6, 6.07) is 15.8. The molecule has 0 saturated heterocycles. The van der Waals surface area contributed by atoms with Crippen molar-refractivity contribution in [2.24, 2.45) is 0 Å². The first-order valence-corrected chi connectivity index (χ1v) is 25.4. The molecule has 0 unspecified atom stereocenters. The van der Waals surface area contributed by atoms with Crippen molar-refractivity contribution >= 4 is 57.3 Å². The van der Waals surface area contributed by atoms with Gasteiger partial charge in [-0.3, -0.25) is 9.59 Å². The van der Waals surface area contributed by atoms with Crippen molar-refractivity contribution in [1.29, 1.82) is 0 Å². The maximum atomic E-state index is 13.1. The third-order valence-electron chi connectivity index (χ3n) is 10.0. The van der Waals surface area contributed by atoms with E-state index in [0.717, 1.165) is 74.1 Å². The topological polar surface area (TPSA) is 89.5 Å². The molecule has 0 amide bonds. The van der Waals surface area contributed by atoms with Crippen LogP contribution in [0.5, 0.6) is 23.0 Å². The molecule has 0 saturated carbocycles. The molecule has 0 fully saturated rings. The van der Waals surface area contributed by atoms with Gasteiger partial charge in [-0.2, -0.15) is 0 Å². The molecule has 346 valence electrons. The van der Waals surface area contributed by atoms with Gasteiger partial charge in [-0.25, -0.2) is 0 Å². The van der Waals surface area contributed by atoms with Gasteiger partial charge in [0.1, 0.15) is 23.0 Å². The number of hydrogen-bond donors (Lipinski definition) is 0. The highest BCUT2D eigenvalue weighted by atomic mass is 32.1. The Morgan fingerprint density at radius 3 is 1.11 bits per heavy atom. The predicted molar refractivity (Wildman–Crippen MR) is 272 cm³/mol. The van der Waals surface area contributed by atoms with E-state index < -0.39 is 0 Å². The van der Waals surface area contributed by atoms with Gasteiger partial charge in [-0.15, -0.1) is 45.3 Å². The number of carbonyl (C=O) groups is 2. The van der Waals surface area contributed by atoms with Crippen LogP contribution in [0.4, 0.5) is 0 Å². The van der Waals surface area contributed by atoms with Crippen molar-refractivity contribution in [2.75, 3.05) is 27.4 Å². The number of esters is 2. The Kier molecular flexibility index (Phi) is 19.6. The molecule has 0 bridgehead atoms. The quantitative estimate of drug-likeness (QED) is 0.0836. The molecule has 64 heavy (non-hydrogen) atoms. The minimum absolute atomic E-state index is 0.0408. The van der Waals surface area contributed by atoms with Crippen molar-refractivity contribution < 1.29 is 38.0 Å². The largest absolute Gasteiger partial charge is 0.496 e. The van der Waals surface area contributed by atoms with E-state index in [9.17, 15) is 9.59 Å². The van der Waals surface area contributed by atoms with Crippen LogP contribution in [0.3, 0.4) is 0 Å². The summed E-state index contributed by atoms with van der Waals surface area (Å²) in [7, 11) is 3.33. The van der Waals surface area contributed by atoms with E-state index in [2.05, 4.69) is 39.8 Å². The van der Waals surface area contributed by atoms with Crippen LogP contribution in [-0.2, 0) is 31.9 Å². The molecular formula is C52H66O8S4. The molecule has 6 rings (SSSR count). The summed E-state index contributed by atoms with van der Waals surface area (Å²) in [5.74, 6) is 2.32. The molecular weight excluding hydrogens is 881 g/mol. The normalized spacial score (nSPS) is 10.8. The number of methoxy groups -OCH3 is 2. The summed E-state index contributed by atoms with van der Waals surface area (Å²) in [4.78, 5) is 34.7. The third-order valence-corrected chi connectivity index (χ3v) is 15.7. The van der Waals surface area contributed by atoms with Gasteiger partial charge in [0.2, 0.25) is 0 Å². The monoisotopic (exact) mass is 946 g/mol. The minimum Gasteiger partial charge on any atom is -0.496 e. The van der Waals surface area contributed by atoms with Crippen LogP contribution < -0.4 is 18.9 Å². The standard InChI is InChI=1S/C48H54O8S4.2C2H6/c1-13-53-39(49)23-31-21-37(41-33(51-11)17-15-19-35(41)55-25(3)4)57-47(31)45-29(9)27(7)43(59-45)44-28(8)30(10)46(60-44)48-32(24-40(50)54-14-2)22-38(58-48)42-34(52-12)18-16-20-36(42)56-26(5)6;2*1-2/h15-22,25-26H,13-14,23-24H2,1-12H3;2*1-2H3. The van der Waals surface area contributed by atoms with E-state index in [-0.39, 0.29) is 37.0 Å². The van der Waals surface area contributed by atoms with Crippen molar-refractivity contribution in [2.45, 2.75) is 122 Å². The molecule has 0 N–H and O–H groups in total. The zero-order chi connectivity index (χ0) is 47.4. The second kappa shape index (κ2) is 24.1. The van der Waals surface area contributed by atoms with Crippen LogP contribution >= 0.6 is 45.3 Å². The van der Waals surface area contributed by atoms with Gasteiger partial charge in [-0.1, -0.05) is 39.8 Å². The van der Waals surface area contributed by atoms with Crippen LogP contribution in [0.2, 0.25) is 0 Å². The molecule has 0 radical (unpaired) electrons. The van der Waals surface area contributed by atoms with Crippen molar-refractivity contribution in [1.82, 2.24) is 0 Å². The summed E-state index contributed by atoms with van der Waals surface area (Å²) in [6.07, 6.45) is 0.201. The highest BCUT2D eigenvalue weighted by molar-refractivity contribution is 7.30. The van der Waals surface area contributed by atoms with Crippen LogP contribution in [-0.4, -0.2) is 51.6 Å². The summed E-state index contributed by atoms with van der Waals surface area (Å²) >= 11 is 6.78. The minimum atomic E-state index is -0.271. The number of ether oxygens (including phenoxy) is 6. The number of thiophene rings is 4. The fourth-order valence-electron chi connectivity index (χ4n) is 7.10. The van der Waals surface area contributed by atoms with E-state index in [0.29, 0.717) is 24.7 Å². The van der Waals surface area contributed by atoms with E-state index in [1.807, 2.05) is 106 Å². The highest BCUT2D eigenvalue weighted by Crippen LogP contribution is 2.55. The second-order valence-corrected chi connectivity index (χ2v) is 19.1.